The third-order valence-electron chi connectivity index (χ3n) is 4.08. The van der Waals surface area contributed by atoms with Crippen molar-refractivity contribution in [3.05, 3.63) is 23.3 Å². The number of rotatable bonds is 5. The highest BCUT2D eigenvalue weighted by atomic mass is 35.5. The number of halogens is 1. The molecule has 0 N–H and O–H groups in total. The first kappa shape index (κ1) is 16.8. The van der Waals surface area contributed by atoms with Crippen LogP contribution in [-0.4, -0.2) is 24.8 Å². The highest BCUT2D eigenvalue weighted by Gasteiger charge is 2.41. The van der Waals surface area contributed by atoms with E-state index in [0.29, 0.717) is 5.88 Å². The molecular formula is C17H25ClO2S. The summed E-state index contributed by atoms with van der Waals surface area (Å²) in [4.78, 5) is 0. The normalized spacial score (nSPS) is 23.5. The van der Waals surface area contributed by atoms with Gasteiger partial charge in [0, 0.05) is 15.4 Å². The Labute approximate surface area is 137 Å². The van der Waals surface area contributed by atoms with Crippen LogP contribution in [0.2, 0.25) is 0 Å². The summed E-state index contributed by atoms with van der Waals surface area (Å²) in [5, 5.41) is 0. The van der Waals surface area contributed by atoms with Gasteiger partial charge < -0.3 is 9.47 Å². The van der Waals surface area contributed by atoms with Crippen LogP contribution >= 0.6 is 23.4 Å². The molecule has 0 bridgehead atoms. The zero-order valence-electron chi connectivity index (χ0n) is 13.6. The van der Waals surface area contributed by atoms with Gasteiger partial charge in [0.25, 0.3) is 0 Å². The lowest BCUT2D eigenvalue weighted by atomic mass is 9.86. The van der Waals surface area contributed by atoms with Crippen molar-refractivity contribution in [2.75, 3.05) is 20.1 Å². The van der Waals surface area contributed by atoms with Gasteiger partial charge >= 0.3 is 0 Å². The summed E-state index contributed by atoms with van der Waals surface area (Å²) in [5.74, 6) is 2.34. The van der Waals surface area contributed by atoms with Crippen LogP contribution in [-0.2, 0) is 11.2 Å². The molecule has 1 heterocycles. The van der Waals surface area contributed by atoms with Crippen LogP contribution < -0.4 is 9.47 Å². The molecule has 1 atom stereocenters. The monoisotopic (exact) mass is 328 g/mol. The fourth-order valence-electron chi connectivity index (χ4n) is 3.31. The van der Waals surface area contributed by atoms with Gasteiger partial charge in [-0.1, -0.05) is 13.8 Å². The molecule has 1 aromatic carbocycles. The molecule has 21 heavy (non-hydrogen) atoms. The van der Waals surface area contributed by atoms with Gasteiger partial charge in [-0.05, 0) is 49.4 Å². The number of hydrogen-bond acceptors (Lipinski definition) is 3. The van der Waals surface area contributed by atoms with Gasteiger partial charge in [0.1, 0.15) is 0 Å². The first-order valence-corrected chi connectivity index (χ1v) is 8.72. The summed E-state index contributed by atoms with van der Waals surface area (Å²) >= 11 is 7.98. The van der Waals surface area contributed by atoms with Crippen LogP contribution in [0.15, 0.2) is 12.1 Å². The molecule has 2 nitrogen and oxygen atoms in total. The average Bonchev–Trinajstić information content (AvgIpc) is 2.42. The minimum absolute atomic E-state index is 0.0749. The average molecular weight is 329 g/mol. The standard InChI is InChI=1S/C17H25ClO2S/c1-16(2)11-12-9-14(19-4)15(20-5)10-13(12)17(3,21-16)7-6-8-18/h9-10H,6-8,11H2,1-5H3. The number of hydrogen-bond donors (Lipinski definition) is 0. The second-order valence-electron chi connectivity index (χ2n) is 6.43. The fourth-order valence-corrected chi connectivity index (χ4v) is 5.44. The van der Waals surface area contributed by atoms with E-state index in [0.717, 1.165) is 30.8 Å². The topological polar surface area (TPSA) is 18.5 Å². The van der Waals surface area contributed by atoms with Gasteiger partial charge in [-0.2, -0.15) is 0 Å². The molecule has 1 aromatic rings. The molecule has 0 aromatic heterocycles. The lowest BCUT2D eigenvalue weighted by molar-refractivity contribution is 0.353. The second-order valence-corrected chi connectivity index (χ2v) is 9.01. The van der Waals surface area contributed by atoms with Gasteiger partial charge in [-0.25, -0.2) is 0 Å². The Bertz CT molecular complexity index is 516. The lowest BCUT2D eigenvalue weighted by Crippen LogP contribution is -2.35. The minimum atomic E-state index is 0.0749. The predicted octanol–water partition coefficient (Wildman–Crippen LogP) is 5.01. The van der Waals surface area contributed by atoms with Crippen LogP contribution in [0.1, 0.15) is 44.7 Å². The maximum absolute atomic E-state index is 5.93. The molecule has 1 aliphatic rings. The Kier molecular flexibility index (Phi) is 5.04. The first-order valence-electron chi connectivity index (χ1n) is 7.37. The van der Waals surface area contributed by atoms with Gasteiger partial charge in [0.05, 0.1) is 14.2 Å². The van der Waals surface area contributed by atoms with Gasteiger partial charge in [0.15, 0.2) is 11.5 Å². The van der Waals surface area contributed by atoms with Crippen molar-refractivity contribution in [3.8, 4) is 11.5 Å². The molecule has 1 aliphatic heterocycles. The van der Waals surface area contributed by atoms with E-state index in [-0.39, 0.29) is 9.49 Å². The maximum atomic E-state index is 5.93. The van der Waals surface area contributed by atoms with Crippen LogP contribution in [0.3, 0.4) is 0 Å². The van der Waals surface area contributed by atoms with Crippen molar-refractivity contribution < 1.29 is 9.47 Å². The molecule has 1 unspecified atom stereocenters. The van der Waals surface area contributed by atoms with Crippen LogP contribution in [0, 0.1) is 0 Å². The first-order chi connectivity index (χ1) is 9.85. The molecule has 0 amide bonds. The lowest BCUT2D eigenvalue weighted by Gasteiger charge is -2.44. The van der Waals surface area contributed by atoms with Gasteiger partial charge in [-0.15, -0.1) is 23.4 Å². The zero-order valence-corrected chi connectivity index (χ0v) is 15.2. The highest BCUT2D eigenvalue weighted by molar-refractivity contribution is 8.01. The molecule has 0 saturated heterocycles. The van der Waals surface area contributed by atoms with Crippen LogP contribution in [0.25, 0.3) is 0 Å². The Morgan fingerprint density at radius 1 is 1.14 bits per heavy atom. The predicted molar refractivity (Wildman–Crippen MR) is 92.2 cm³/mol. The Balaban J connectivity index is 2.53. The van der Waals surface area contributed by atoms with Crippen LogP contribution in [0.5, 0.6) is 11.5 Å². The summed E-state index contributed by atoms with van der Waals surface area (Å²) in [5.41, 5.74) is 2.74. The summed E-state index contributed by atoms with van der Waals surface area (Å²) in [7, 11) is 3.39. The SMILES string of the molecule is COc1cc2c(cc1OC)C(C)(CCCCl)SC(C)(C)C2. The number of methoxy groups -OCH3 is 2. The van der Waals surface area contributed by atoms with E-state index in [9.17, 15) is 0 Å². The quantitative estimate of drug-likeness (QED) is 0.708. The third kappa shape index (κ3) is 3.45. The number of thioether (sulfide) groups is 1. The van der Waals surface area contributed by atoms with Gasteiger partial charge in [-0.3, -0.25) is 0 Å². The third-order valence-corrected chi connectivity index (χ3v) is 5.92. The number of fused-ring (bicyclic) bond motifs is 1. The van der Waals surface area contributed by atoms with E-state index in [2.05, 4.69) is 44.7 Å². The second kappa shape index (κ2) is 6.29. The minimum Gasteiger partial charge on any atom is -0.493 e. The number of alkyl halides is 1. The fraction of sp³-hybridized carbons (Fsp3) is 0.647. The van der Waals surface area contributed by atoms with E-state index < -0.39 is 0 Å². The summed E-state index contributed by atoms with van der Waals surface area (Å²) in [6.07, 6.45) is 3.14. The molecular weight excluding hydrogens is 304 g/mol. The maximum Gasteiger partial charge on any atom is 0.161 e. The van der Waals surface area contributed by atoms with Crippen molar-refractivity contribution in [3.63, 3.8) is 0 Å². The van der Waals surface area contributed by atoms with Crippen molar-refractivity contribution in [2.24, 2.45) is 0 Å². The number of ether oxygens (including phenoxy) is 2. The molecule has 0 saturated carbocycles. The molecule has 2 rings (SSSR count). The molecule has 0 radical (unpaired) electrons. The van der Waals surface area contributed by atoms with Crippen molar-refractivity contribution in [1.29, 1.82) is 0 Å². The van der Waals surface area contributed by atoms with Crippen molar-refractivity contribution >= 4 is 23.4 Å². The molecule has 0 fully saturated rings. The molecule has 118 valence electrons. The molecule has 0 aliphatic carbocycles. The van der Waals surface area contributed by atoms with Gasteiger partial charge in [0.2, 0.25) is 0 Å². The zero-order chi connectivity index (χ0) is 15.7. The van der Waals surface area contributed by atoms with E-state index >= 15 is 0 Å². The van der Waals surface area contributed by atoms with E-state index in [1.54, 1.807) is 14.2 Å². The molecule has 4 heteroatoms. The van der Waals surface area contributed by atoms with E-state index in [1.165, 1.54) is 11.1 Å². The summed E-state index contributed by atoms with van der Waals surface area (Å²) in [6.45, 7) is 6.96. The Hall–Kier alpha value is -0.540. The van der Waals surface area contributed by atoms with Crippen molar-refractivity contribution in [1.82, 2.24) is 0 Å². The smallest absolute Gasteiger partial charge is 0.161 e. The highest BCUT2D eigenvalue weighted by Crippen LogP contribution is 2.55. The summed E-state index contributed by atoms with van der Waals surface area (Å²) in [6, 6.07) is 4.30. The molecule has 0 spiro atoms. The van der Waals surface area contributed by atoms with Crippen molar-refractivity contribution in [2.45, 2.75) is 49.5 Å². The van der Waals surface area contributed by atoms with E-state index in [1.807, 2.05) is 0 Å². The van der Waals surface area contributed by atoms with Crippen LogP contribution in [0.4, 0.5) is 0 Å². The summed E-state index contributed by atoms with van der Waals surface area (Å²) < 4.78 is 11.2. The Morgan fingerprint density at radius 3 is 2.33 bits per heavy atom. The Morgan fingerprint density at radius 2 is 1.76 bits per heavy atom. The van der Waals surface area contributed by atoms with E-state index in [4.69, 9.17) is 21.1 Å². The largest absolute Gasteiger partial charge is 0.493 e. The number of benzene rings is 1.